The third kappa shape index (κ3) is 2.88. The minimum atomic E-state index is -0.231. The first-order valence-corrected chi connectivity index (χ1v) is 11.7. The Morgan fingerprint density at radius 3 is 1.74 bits per heavy atom. The fourth-order valence-electron chi connectivity index (χ4n) is 5.40. The van der Waals surface area contributed by atoms with Crippen LogP contribution in [0.3, 0.4) is 0 Å². The highest BCUT2D eigenvalue weighted by Gasteiger charge is 2.14. The molecule has 2 aromatic heterocycles. The molecule has 2 nitrogen and oxygen atoms in total. The number of halogens is 1. The average Bonchev–Trinajstić information content (AvgIpc) is 3.41. The van der Waals surface area contributed by atoms with Crippen molar-refractivity contribution in [2.45, 2.75) is 0 Å². The van der Waals surface area contributed by atoms with Gasteiger partial charge in [0.05, 0.1) is 22.1 Å². The number of hydrogen-bond donors (Lipinski definition) is 0. The molecule has 0 aliphatic rings. The molecule has 0 amide bonds. The number of benzene rings is 5. The predicted octanol–water partition coefficient (Wildman–Crippen LogP) is 8.80. The molecule has 0 aliphatic heterocycles. The third-order valence-electron chi connectivity index (χ3n) is 6.98. The van der Waals surface area contributed by atoms with Crippen LogP contribution in [0.2, 0.25) is 0 Å². The molecule has 2 heterocycles. The van der Waals surface area contributed by atoms with E-state index < -0.39 is 0 Å². The second-order valence-electron chi connectivity index (χ2n) is 8.86. The molecular formula is C32H21FN2. The van der Waals surface area contributed by atoms with Gasteiger partial charge in [0.15, 0.2) is 0 Å². The van der Waals surface area contributed by atoms with Crippen LogP contribution in [0.5, 0.6) is 0 Å². The van der Waals surface area contributed by atoms with Gasteiger partial charge in [-0.3, -0.25) is 0 Å². The van der Waals surface area contributed by atoms with E-state index in [0.29, 0.717) is 0 Å². The Hall–Kier alpha value is -4.63. The molecule has 3 heteroatoms. The zero-order valence-electron chi connectivity index (χ0n) is 18.9. The van der Waals surface area contributed by atoms with Crippen molar-refractivity contribution in [1.29, 1.82) is 0 Å². The van der Waals surface area contributed by atoms with E-state index in [1.807, 2.05) is 24.4 Å². The largest absolute Gasteiger partial charge is 0.317 e. The summed E-state index contributed by atoms with van der Waals surface area (Å²) < 4.78 is 18.0. The topological polar surface area (TPSA) is 9.86 Å². The van der Waals surface area contributed by atoms with E-state index in [1.54, 1.807) is 0 Å². The van der Waals surface area contributed by atoms with Gasteiger partial charge in [-0.15, -0.1) is 0 Å². The van der Waals surface area contributed by atoms with Gasteiger partial charge in [-0.05, 0) is 71.8 Å². The summed E-state index contributed by atoms with van der Waals surface area (Å²) >= 11 is 0. The minimum Gasteiger partial charge on any atom is -0.317 e. The molecule has 35 heavy (non-hydrogen) atoms. The zero-order chi connectivity index (χ0) is 23.5. The van der Waals surface area contributed by atoms with Crippen LogP contribution < -0.4 is 0 Å². The van der Waals surface area contributed by atoms with Gasteiger partial charge in [-0.2, -0.15) is 0 Å². The molecule has 0 bridgehead atoms. The molecule has 0 atom stereocenters. The molecule has 7 aromatic rings. The zero-order valence-corrected chi connectivity index (χ0v) is 18.9. The van der Waals surface area contributed by atoms with Crippen molar-refractivity contribution in [3.8, 4) is 16.8 Å². The standard InChI is InChI=1S/C32H21FN2/c1-2-34-29-9-5-3-7-25(29)27-19-21(11-17-30(27)34)22-12-18-32-28(20-22)26-8-4-6-10-31(26)35(32)24-15-13-23(33)14-16-24/h2-20H,1H2. The van der Waals surface area contributed by atoms with Crippen molar-refractivity contribution < 1.29 is 4.39 Å². The Morgan fingerprint density at radius 2 is 1.06 bits per heavy atom. The number of rotatable bonds is 3. The number of hydrogen-bond acceptors (Lipinski definition) is 0. The molecule has 7 rings (SSSR count). The fourth-order valence-corrected chi connectivity index (χ4v) is 5.40. The maximum atomic E-state index is 13.6. The van der Waals surface area contributed by atoms with Crippen molar-refractivity contribution in [3.63, 3.8) is 0 Å². The minimum absolute atomic E-state index is 0.231. The predicted molar refractivity (Wildman–Crippen MR) is 146 cm³/mol. The second-order valence-corrected chi connectivity index (χ2v) is 8.86. The molecule has 0 aliphatic carbocycles. The van der Waals surface area contributed by atoms with E-state index in [2.05, 4.69) is 94.6 Å². The van der Waals surface area contributed by atoms with Crippen LogP contribution in [0.1, 0.15) is 0 Å². The summed E-state index contributed by atoms with van der Waals surface area (Å²) in [5.74, 6) is -0.231. The average molecular weight is 453 g/mol. The van der Waals surface area contributed by atoms with Crippen molar-refractivity contribution in [2.24, 2.45) is 0 Å². The Bertz CT molecular complexity index is 1920. The molecular weight excluding hydrogens is 431 g/mol. The van der Waals surface area contributed by atoms with Crippen LogP contribution >= 0.6 is 0 Å². The molecule has 0 spiro atoms. The van der Waals surface area contributed by atoms with Crippen LogP contribution in [-0.4, -0.2) is 9.13 Å². The quantitative estimate of drug-likeness (QED) is 0.253. The summed E-state index contributed by atoms with van der Waals surface area (Å²) in [5.41, 5.74) is 7.80. The summed E-state index contributed by atoms with van der Waals surface area (Å²) in [5, 5.41) is 4.79. The van der Waals surface area contributed by atoms with Crippen molar-refractivity contribution in [1.82, 2.24) is 9.13 Å². The van der Waals surface area contributed by atoms with E-state index in [4.69, 9.17) is 0 Å². The maximum Gasteiger partial charge on any atom is 0.123 e. The van der Waals surface area contributed by atoms with Gasteiger partial charge < -0.3 is 9.13 Å². The summed E-state index contributed by atoms with van der Waals surface area (Å²) in [6, 6.07) is 36.8. The summed E-state index contributed by atoms with van der Waals surface area (Å²) in [7, 11) is 0. The SMILES string of the molecule is C=Cn1c2ccccc2c2cc(-c3ccc4c(c3)c3ccccc3n4-c3ccc(F)cc3)ccc21. The van der Waals surface area contributed by atoms with E-state index in [1.165, 1.54) is 39.2 Å². The third-order valence-corrected chi connectivity index (χ3v) is 6.98. The van der Waals surface area contributed by atoms with Gasteiger partial charge in [-0.1, -0.05) is 55.1 Å². The van der Waals surface area contributed by atoms with Gasteiger partial charge in [0.1, 0.15) is 5.82 Å². The van der Waals surface area contributed by atoms with Gasteiger partial charge in [-0.25, -0.2) is 4.39 Å². The Kier molecular flexibility index (Phi) is 4.21. The van der Waals surface area contributed by atoms with Gasteiger partial charge >= 0.3 is 0 Å². The lowest BCUT2D eigenvalue weighted by Gasteiger charge is -2.08. The maximum absolute atomic E-state index is 13.6. The van der Waals surface area contributed by atoms with Gasteiger partial charge in [0.25, 0.3) is 0 Å². The molecule has 0 N–H and O–H groups in total. The fraction of sp³-hybridized carbons (Fsp3) is 0. The Labute approximate surface area is 201 Å². The van der Waals surface area contributed by atoms with Crippen molar-refractivity contribution in [3.05, 3.63) is 122 Å². The number of para-hydroxylation sites is 2. The first kappa shape index (κ1) is 19.8. The van der Waals surface area contributed by atoms with Crippen molar-refractivity contribution >= 4 is 49.8 Å². The first-order chi connectivity index (χ1) is 17.2. The highest BCUT2D eigenvalue weighted by atomic mass is 19.1. The van der Waals surface area contributed by atoms with Crippen LogP contribution in [0.15, 0.2) is 116 Å². The van der Waals surface area contributed by atoms with E-state index in [0.717, 1.165) is 33.3 Å². The lowest BCUT2D eigenvalue weighted by Crippen LogP contribution is -1.93. The molecule has 5 aromatic carbocycles. The normalized spacial score (nSPS) is 11.7. The van der Waals surface area contributed by atoms with Gasteiger partial charge in [0, 0.05) is 33.4 Å². The van der Waals surface area contributed by atoms with E-state index in [-0.39, 0.29) is 5.82 Å². The summed E-state index contributed by atoms with van der Waals surface area (Å²) in [6.07, 6.45) is 1.88. The van der Waals surface area contributed by atoms with Crippen molar-refractivity contribution in [2.75, 3.05) is 0 Å². The molecule has 0 unspecified atom stereocenters. The lowest BCUT2D eigenvalue weighted by molar-refractivity contribution is 0.627. The highest BCUT2D eigenvalue weighted by molar-refractivity contribution is 6.12. The molecule has 0 fully saturated rings. The van der Waals surface area contributed by atoms with Crippen LogP contribution in [0, 0.1) is 5.82 Å². The first-order valence-electron chi connectivity index (χ1n) is 11.7. The molecule has 166 valence electrons. The summed E-state index contributed by atoms with van der Waals surface area (Å²) in [6.45, 7) is 4.02. The molecule has 0 radical (unpaired) electrons. The van der Waals surface area contributed by atoms with Crippen LogP contribution in [-0.2, 0) is 0 Å². The molecule has 0 saturated heterocycles. The number of nitrogens with zero attached hydrogens (tertiary/aromatic N) is 2. The second kappa shape index (κ2) is 7.44. The van der Waals surface area contributed by atoms with E-state index in [9.17, 15) is 4.39 Å². The smallest absolute Gasteiger partial charge is 0.123 e. The number of aromatic nitrogens is 2. The highest BCUT2D eigenvalue weighted by Crippen LogP contribution is 2.37. The van der Waals surface area contributed by atoms with E-state index >= 15 is 0 Å². The monoisotopic (exact) mass is 452 g/mol. The van der Waals surface area contributed by atoms with Crippen LogP contribution in [0.4, 0.5) is 4.39 Å². The summed E-state index contributed by atoms with van der Waals surface area (Å²) in [4.78, 5) is 0. The van der Waals surface area contributed by atoms with Gasteiger partial charge in [0.2, 0.25) is 0 Å². The Balaban J connectivity index is 1.47. The lowest BCUT2D eigenvalue weighted by atomic mass is 10.0. The van der Waals surface area contributed by atoms with Crippen LogP contribution in [0.25, 0.3) is 66.6 Å². The Morgan fingerprint density at radius 1 is 0.543 bits per heavy atom. The molecule has 0 saturated carbocycles. The number of fused-ring (bicyclic) bond motifs is 6.